The molecule has 0 aromatic heterocycles. The van der Waals surface area contributed by atoms with Gasteiger partial charge < -0.3 is 20.1 Å². The van der Waals surface area contributed by atoms with Crippen LogP contribution in [0.2, 0.25) is 0 Å². The van der Waals surface area contributed by atoms with Crippen LogP contribution in [0.5, 0.6) is 5.75 Å². The Kier molecular flexibility index (Phi) is 5.74. The van der Waals surface area contributed by atoms with E-state index in [1.165, 1.54) is 19.3 Å². The van der Waals surface area contributed by atoms with Crippen molar-refractivity contribution in [2.24, 2.45) is 17.8 Å². The maximum Gasteiger partial charge on any atom is 0.335 e. The smallest absolute Gasteiger partial charge is 0.335 e. The van der Waals surface area contributed by atoms with E-state index < -0.39 is 18.2 Å². The Morgan fingerprint density at radius 3 is 2.86 bits per heavy atom. The zero-order valence-electron chi connectivity index (χ0n) is 16.2. The first-order valence-corrected chi connectivity index (χ1v) is 10.6. The van der Waals surface area contributed by atoms with Gasteiger partial charge in [-0.1, -0.05) is 43.9 Å². The molecule has 152 valence electrons. The highest BCUT2D eigenvalue weighted by atomic mass is 16.5. The lowest BCUT2D eigenvalue weighted by molar-refractivity contribution is 0.0695. The molecule has 2 fully saturated rings. The van der Waals surface area contributed by atoms with E-state index in [1.807, 2.05) is 18.2 Å². The third kappa shape index (κ3) is 4.41. The monoisotopic (exact) mass is 386 g/mol. The lowest BCUT2D eigenvalue weighted by atomic mass is 9.88. The summed E-state index contributed by atoms with van der Waals surface area (Å²) in [6, 6.07) is 5.06. The molecule has 0 unspecified atom stereocenters. The van der Waals surface area contributed by atoms with E-state index in [0.717, 1.165) is 37.2 Å². The van der Waals surface area contributed by atoms with Crippen LogP contribution in [0, 0.1) is 17.8 Å². The van der Waals surface area contributed by atoms with Crippen molar-refractivity contribution in [1.82, 2.24) is 0 Å². The first-order chi connectivity index (χ1) is 13.5. The normalized spacial score (nSPS) is 30.4. The second-order valence-electron chi connectivity index (χ2n) is 8.69. The number of fused-ring (bicyclic) bond motifs is 2. The molecular formula is C23H30O5. The zero-order chi connectivity index (χ0) is 19.7. The van der Waals surface area contributed by atoms with Crippen LogP contribution in [-0.2, 0) is 6.42 Å². The van der Waals surface area contributed by atoms with Crippen molar-refractivity contribution in [2.75, 3.05) is 0 Å². The Hall–Kier alpha value is -1.85. The Morgan fingerprint density at radius 1 is 1.29 bits per heavy atom. The molecule has 1 aliphatic heterocycles. The van der Waals surface area contributed by atoms with E-state index in [-0.39, 0.29) is 23.5 Å². The number of aromatic carboxylic acids is 1. The fraction of sp³-hybridized carbons (Fsp3) is 0.609. The maximum atomic E-state index is 11.2. The first-order valence-electron chi connectivity index (χ1n) is 10.6. The lowest BCUT2D eigenvalue weighted by Gasteiger charge is -2.21. The average Bonchev–Trinajstić information content (AvgIpc) is 3.45. The third-order valence-corrected chi connectivity index (χ3v) is 6.59. The molecule has 2 aliphatic carbocycles. The summed E-state index contributed by atoms with van der Waals surface area (Å²) >= 11 is 0. The number of hydrogen-bond acceptors (Lipinski definition) is 4. The highest BCUT2D eigenvalue weighted by Gasteiger charge is 2.43. The van der Waals surface area contributed by atoms with Gasteiger partial charge in [-0.2, -0.15) is 0 Å². The molecule has 2 saturated carbocycles. The second-order valence-corrected chi connectivity index (χ2v) is 8.69. The van der Waals surface area contributed by atoms with Crippen LogP contribution >= 0.6 is 0 Å². The number of aryl methyl sites for hydroxylation is 1. The van der Waals surface area contributed by atoms with Gasteiger partial charge in [-0.05, 0) is 42.9 Å². The highest BCUT2D eigenvalue weighted by Crippen LogP contribution is 2.42. The number of carboxylic acid groups (broad SMARTS) is 1. The summed E-state index contributed by atoms with van der Waals surface area (Å²) in [6.07, 6.45) is 10.7. The number of aliphatic hydroxyl groups is 2. The zero-order valence-corrected chi connectivity index (χ0v) is 16.2. The van der Waals surface area contributed by atoms with Crippen molar-refractivity contribution in [3.05, 3.63) is 41.5 Å². The molecule has 1 aromatic carbocycles. The highest BCUT2D eigenvalue weighted by molar-refractivity contribution is 5.88. The van der Waals surface area contributed by atoms with Gasteiger partial charge in [0.2, 0.25) is 0 Å². The summed E-state index contributed by atoms with van der Waals surface area (Å²) in [6.45, 7) is 0. The number of hydrogen-bond donors (Lipinski definition) is 3. The van der Waals surface area contributed by atoms with E-state index >= 15 is 0 Å². The molecule has 4 rings (SSSR count). The van der Waals surface area contributed by atoms with Gasteiger partial charge in [0.25, 0.3) is 0 Å². The fourth-order valence-corrected chi connectivity index (χ4v) is 4.75. The van der Waals surface area contributed by atoms with Crippen LogP contribution in [0.1, 0.15) is 60.9 Å². The summed E-state index contributed by atoms with van der Waals surface area (Å²) < 4.78 is 6.16. The molecule has 0 amide bonds. The molecule has 0 radical (unpaired) electrons. The number of rotatable bonds is 7. The quantitative estimate of drug-likeness (QED) is 0.624. The molecule has 3 N–H and O–H groups in total. The van der Waals surface area contributed by atoms with Crippen molar-refractivity contribution in [3.63, 3.8) is 0 Å². The molecule has 5 nitrogen and oxygen atoms in total. The van der Waals surface area contributed by atoms with E-state index in [9.17, 15) is 20.1 Å². The van der Waals surface area contributed by atoms with Crippen LogP contribution in [0.3, 0.4) is 0 Å². The molecule has 0 spiro atoms. The van der Waals surface area contributed by atoms with Crippen LogP contribution in [0.25, 0.3) is 0 Å². The summed E-state index contributed by atoms with van der Waals surface area (Å²) in [7, 11) is 0. The first kappa shape index (κ1) is 19.5. The van der Waals surface area contributed by atoms with Gasteiger partial charge >= 0.3 is 5.97 Å². The van der Waals surface area contributed by atoms with Gasteiger partial charge in [-0.25, -0.2) is 4.79 Å². The van der Waals surface area contributed by atoms with Crippen molar-refractivity contribution in [3.8, 4) is 5.75 Å². The van der Waals surface area contributed by atoms with Gasteiger partial charge in [0.05, 0.1) is 17.8 Å². The Morgan fingerprint density at radius 2 is 2.11 bits per heavy atom. The number of carbonyl (C=O) groups is 1. The summed E-state index contributed by atoms with van der Waals surface area (Å²) in [4.78, 5) is 11.2. The van der Waals surface area contributed by atoms with E-state index in [0.29, 0.717) is 12.2 Å². The largest absolute Gasteiger partial charge is 0.490 e. The minimum absolute atomic E-state index is 0.0312. The van der Waals surface area contributed by atoms with E-state index in [1.54, 1.807) is 12.1 Å². The predicted molar refractivity (Wildman–Crippen MR) is 105 cm³/mol. The second kappa shape index (κ2) is 8.26. The van der Waals surface area contributed by atoms with Crippen LogP contribution in [0.4, 0.5) is 0 Å². The molecule has 0 saturated heterocycles. The molecule has 1 aromatic rings. The van der Waals surface area contributed by atoms with Crippen molar-refractivity contribution in [2.45, 2.75) is 69.7 Å². The Labute approximate surface area is 166 Å². The Balaban J connectivity index is 1.40. The number of ether oxygens (including phenoxy) is 1. The SMILES string of the molecule is O=C(O)c1ccc2c(c1)O[C@H]1C[C@@H](O)[C@H](/C=C/[C@@H](O)CCCC3CC3)[C@H]1CC2. The van der Waals surface area contributed by atoms with Gasteiger partial charge in [0, 0.05) is 18.3 Å². The topological polar surface area (TPSA) is 87.0 Å². The molecule has 5 atom stereocenters. The molecule has 5 heteroatoms. The fourth-order valence-electron chi connectivity index (χ4n) is 4.75. The molecule has 0 bridgehead atoms. The Bertz CT molecular complexity index is 739. The lowest BCUT2D eigenvalue weighted by Crippen LogP contribution is -2.24. The van der Waals surface area contributed by atoms with Gasteiger partial charge in [0.1, 0.15) is 11.9 Å². The number of carboxylic acids is 1. The van der Waals surface area contributed by atoms with Crippen LogP contribution in [-0.4, -0.2) is 39.6 Å². The maximum absolute atomic E-state index is 11.2. The van der Waals surface area contributed by atoms with Gasteiger partial charge in [-0.3, -0.25) is 0 Å². The van der Waals surface area contributed by atoms with Gasteiger partial charge in [0.15, 0.2) is 0 Å². The average molecular weight is 386 g/mol. The summed E-state index contributed by atoms with van der Waals surface area (Å²) in [5, 5.41) is 30.0. The molecule has 1 heterocycles. The molecular weight excluding hydrogens is 356 g/mol. The number of aliphatic hydroxyl groups excluding tert-OH is 2. The molecule has 3 aliphatic rings. The van der Waals surface area contributed by atoms with Gasteiger partial charge in [-0.15, -0.1) is 0 Å². The van der Waals surface area contributed by atoms with E-state index in [4.69, 9.17) is 4.74 Å². The number of benzene rings is 1. The van der Waals surface area contributed by atoms with Crippen molar-refractivity contribution >= 4 is 5.97 Å². The standard InChI is InChI=1S/C23H30O5/c24-17(3-1-2-14-4-5-14)9-11-18-19-10-8-15-6-7-16(23(26)27)12-21(15)28-22(19)13-20(18)25/h6-7,9,11-12,14,17-20,22,24-25H,1-5,8,10,13H2,(H,26,27)/b11-9+/t17-,18+,19+,20+,22-/m0/s1. The van der Waals surface area contributed by atoms with E-state index in [2.05, 4.69) is 0 Å². The predicted octanol–water partition coefficient (Wildman–Crippen LogP) is 3.57. The minimum atomic E-state index is -0.963. The van der Waals surface area contributed by atoms with Crippen LogP contribution < -0.4 is 4.74 Å². The van der Waals surface area contributed by atoms with Crippen molar-refractivity contribution < 1.29 is 24.9 Å². The van der Waals surface area contributed by atoms with Crippen LogP contribution in [0.15, 0.2) is 30.4 Å². The minimum Gasteiger partial charge on any atom is -0.490 e. The third-order valence-electron chi connectivity index (χ3n) is 6.59. The summed E-state index contributed by atoms with van der Waals surface area (Å²) in [5.74, 6) is 0.696. The van der Waals surface area contributed by atoms with Crippen molar-refractivity contribution in [1.29, 1.82) is 0 Å². The summed E-state index contributed by atoms with van der Waals surface area (Å²) in [5.41, 5.74) is 1.25. The molecule has 28 heavy (non-hydrogen) atoms.